The molecule has 1 N–H and O–H groups in total. The first-order valence-corrected chi connectivity index (χ1v) is 4.11. The summed E-state index contributed by atoms with van der Waals surface area (Å²) in [5.74, 6) is 0. The van der Waals surface area contributed by atoms with Gasteiger partial charge in [-0.1, -0.05) is 0 Å². The van der Waals surface area contributed by atoms with Crippen molar-refractivity contribution >= 4 is 0 Å². The second-order valence-corrected chi connectivity index (χ2v) is 3.38. The van der Waals surface area contributed by atoms with Crippen molar-refractivity contribution in [2.24, 2.45) is 7.05 Å². The number of aryl methyl sites for hydroxylation is 1. The van der Waals surface area contributed by atoms with Gasteiger partial charge in [0.2, 0.25) is 0 Å². The minimum atomic E-state index is -0.117. The highest BCUT2D eigenvalue weighted by atomic mass is 16.3. The lowest BCUT2D eigenvalue weighted by atomic mass is 10.1. The summed E-state index contributed by atoms with van der Waals surface area (Å²) in [6.45, 7) is 2.44. The van der Waals surface area contributed by atoms with E-state index >= 15 is 0 Å². The Hall–Kier alpha value is -0.870. The predicted molar refractivity (Wildman–Crippen MR) is 44.5 cm³/mol. The average Bonchev–Trinajstić information content (AvgIpc) is 2.33. The van der Waals surface area contributed by atoms with Gasteiger partial charge in [-0.3, -0.25) is 4.90 Å². The number of hydrogen-bond acceptors (Lipinski definition) is 3. The molecule has 12 heavy (non-hydrogen) atoms. The molecule has 4 heteroatoms. The SMILES string of the molecule is Cn1cnc(CN2CC(O)C2)c1. The van der Waals surface area contributed by atoms with E-state index in [0.29, 0.717) is 0 Å². The Bertz CT molecular complexity index is 265. The van der Waals surface area contributed by atoms with Crippen molar-refractivity contribution in [1.82, 2.24) is 14.5 Å². The number of β-amino-alcohol motifs (C(OH)–C–C–N with tert-alkyl or cyclic N) is 1. The molecule has 1 aliphatic heterocycles. The molecule has 4 nitrogen and oxygen atoms in total. The summed E-state index contributed by atoms with van der Waals surface area (Å²) < 4.78 is 1.94. The molecule has 1 aliphatic rings. The Morgan fingerprint density at radius 1 is 1.67 bits per heavy atom. The number of nitrogens with zero attached hydrogens (tertiary/aromatic N) is 3. The van der Waals surface area contributed by atoms with Gasteiger partial charge in [-0.15, -0.1) is 0 Å². The number of hydrogen-bond donors (Lipinski definition) is 1. The second-order valence-electron chi connectivity index (χ2n) is 3.38. The largest absolute Gasteiger partial charge is 0.390 e. The van der Waals surface area contributed by atoms with E-state index < -0.39 is 0 Å². The molecule has 1 saturated heterocycles. The zero-order chi connectivity index (χ0) is 8.55. The molecule has 0 unspecified atom stereocenters. The maximum Gasteiger partial charge on any atom is 0.0947 e. The van der Waals surface area contributed by atoms with Crippen LogP contribution in [-0.4, -0.2) is 38.8 Å². The lowest BCUT2D eigenvalue weighted by Gasteiger charge is -2.35. The van der Waals surface area contributed by atoms with Crippen LogP contribution in [-0.2, 0) is 13.6 Å². The summed E-state index contributed by atoms with van der Waals surface area (Å²) in [7, 11) is 1.96. The third-order valence-electron chi connectivity index (χ3n) is 2.08. The van der Waals surface area contributed by atoms with Gasteiger partial charge in [-0.2, -0.15) is 0 Å². The molecule has 1 aromatic heterocycles. The van der Waals surface area contributed by atoms with Gasteiger partial charge in [-0.25, -0.2) is 4.98 Å². The van der Waals surface area contributed by atoms with Crippen molar-refractivity contribution in [2.75, 3.05) is 13.1 Å². The predicted octanol–water partition coefficient (Wildman–Crippen LogP) is -0.403. The second kappa shape index (κ2) is 2.88. The van der Waals surface area contributed by atoms with E-state index in [1.807, 2.05) is 17.8 Å². The van der Waals surface area contributed by atoms with E-state index in [9.17, 15) is 0 Å². The van der Waals surface area contributed by atoms with Gasteiger partial charge in [0.25, 0.3) is 0 Å². The highest BCUT2D eigenvalue weighted by Crippen LogP contribution is 2.10. The van der Waals surface area contributed by atoms with Gasteiger partial charge in [0.1, 0.15) is 0 Å². The minimum absolute atomic E-state index is 0.117. The van der Waals surface area contributed by atoms with Gasteiger partial charge in [0.15, 0.2) is 0 Å². The van der Waals surface area contributed by atoms with Crippen LogP contribution in [0.1, 0.15) is 5.69 Å². The lowest BCUT2D eigenvalue weighted by molar-refractivity contribution is -0.00348. The van der Waals surface area contributed by atoms with E-state index in [0.717, 1.165) is 25.3 Å². The van der Waals surface area contributed by atoms with Gasteiger partial charge in [0.05, 0.1) is 18.1 Å². The van der Waals surface area contributed by atoms with Crippen LogP contribution in [0.25, 0.3) is 0 Å². The maximum absolute atomic E-state index is 9.03. The molecule has 0 atom stereocenters. The summed E-state index contributed by atoms with van der Waals surface area (Å²) in [5, 5.41) is 9.03. The molecule has 0 radical (unpaired) electrons. The fourth-order valence-electron chi connectivity index (χ4n) is 1.45. The number of likely N-dealkylation sites (tertiary alicyclic amines) is 1. The summed E-state index contributed by atoms with van der Waals surface area (Å²) in [6.07, 6.45) is 3.68. The smallest absolute Gasteiger partial charge is 0.0947 e. The first-order valence-electron chi connectivity index (χ1n) is 4.11. The molecular weight excluding hydrogens is 154 g/mol. The number of aliphatic hydroxyl groups excluding tert-OH is 1. The molecule has 1 aromatic rings. The van der Waals surface area contributed by atoms with Gasteiger partial charge < -0.3 is 9.67 Å². The summed E-state index contributed by atoms with van der Waals surface area (Å²) in [5.41, 5.74) is 1.07. The van der Waals surface area contributed by atoms with E-state index in [-0.39, 0.29) is 6.10 Å². The van der Waals surface area contributed by atoms with Crippen molar-refractivity contribution < 1.29 is 5.11 Å². The minimum Gasteiger partial charge on any atom is -0.390 e. The fraction of sp³-hybridized carbons (Fsp3) is 0.625. The van der Waals surface area contributed by atoms with Crippen LogP contribution < -0.4 is 0 Å². The molecule has 66 valence electrons. The Kier molecular flexibility index (Phi) is 1.86. The molecule has 2 heterocycles. The van der Waals surface area contributed by atoms with Crippen molar-refractivity contribution in [2.45, 2.75) is 12.6 Å². The molecule has 0 bridgehead atoms. The zero-order valence-corrected chi connectivity index (χ0v) is 7.14. The molecule has 0 amide bonds. The third kappa shape index (κ3) is 1.49. The lowest BCUT2D eigenvalue weighted by Crippen LogP contribution is -2.49. The molecule has 0 saturated carbocycles. The first kappa shape index (κ1) is 7.76. The van der Waals surface area contributed by atoms with Crippen LogP contribution in [0.5, 0.6) is 0 Å². The standard InChI is InChI=1S/C8H13N3O/c1-10-2-7(9-6-10)3-11-4-8(12)5-11/h2,6,8,12H,3-5H2,1H3. The molecule has 0 spiro atoms. The molecule has 2 rings (SSSR count). The zero-order valence-electron chi connectivity index (χ0n) is 7.14. The van der Waals surface area contributed by atoms with Crippen molar-refractivity contribution in [1.29, 1.82) is 0 Å². The van der Waals surface area contributed by atoms with Crippen molar-refractivity contribution in [3.05, 3.63) is 18.2 Å². The monoisotopic (exact) mass is 167 g/mol. The molecule has 1 fully saturated rings. The normalized spacial score (nSPS) is 19.5. The maximum atomic E-state index is 9.03. The Labute approximate surface area is 71.4 Å². The van der Waals surface area contributed by atoms with E-state index in [1.54, 1.807) is 6.33 Å². The quantitative estimate of drug-likeness (QED) is 0.651. The van der Waals surface area contributed by atoms with Gasteiger partial charge in [-0.05, 0) is 0 Å². The number of rotatable bonds is 2. The highest BCUT2D eigenvalue weighted by molar-refractivity contribution is 4.97. The van der Waals surface area contributed by atoms with Crippen LogP contribution in [0.3, 0.4) is 0 Å². The fourth-order valence-corrected chi connectivity index (χ4v) is 1.45. The molecule has 0 aromatic carbocycles. The number of aromatic nitrogens is 2. The van der Waals surface area contributed by atoms with Crippen LogP contribution in [0, 0.1) is 0 Å². The Morgan fingerprint density at radius 2 is 2.42 bits per heavy atom. The molecular formula is C8H13N3O. The first-order chi connectivity index (χ1) is 5.74. The van der Waals surface area contributed by atoms with Crippen LogP contribution in [0.15, 0.2) is 12.5 Å². The van der Waals surface area contributed by atoms with Crippen molar-refractivity contribution in [3.63, 3.8) is 0 Å². The van der Waals surface area contributed by atoms with Crippen LogP contribution in [0.4, 0.5) is 0 Å². The van der Waals surface area contributed by atoms with E-state index in [2.05, 4.69) is 9.88 Å². The van der Waals surface area contributed by atoms with Gasteiger partial charge >= 0.3 is 0 Å². The van der Waals surface area contributed by atoms with Crippen LogP contribution >= 0.6 is 0 Å². The Balaban J connectivity index is 1.88. The summed E-state index contributed by atoms with van der Waals surface area (Å²) >= 11 is 0. The Morgan fingerprint density at radius 3 is 2.92 bits per heavy atom. The molecule has 0 aliphatic carbocycles. The van der Waals surface area contributed by atoms with E-state index in [1.165, 1.54) is 0 Å². The topological polar surface area (TPSA) is 41.3 Å². The van der Waals surface area contributed by atoms with E-state index in [4.69, 9.17) is 5.11 Å². The van der Waals surface area contributed by atoms with Crippen molar-refractivity contribution in [3.8, 4) is 0 Å². The highest BCUT2D eigenvalue weighted by Gasteiger charge is 2.24. The summed E-state index contributed by atoms with van der Waals surface area (Å²) in [4.78, 5) is 6.38. The average molecular weight is 167 g/mol. The van der Waals surface area contributed by atoms with Crippen LogP contribution in [0.2, 0.25) is 0 Å². The number of aliphatic hydroxyl groups is 1. The number of imidazole rings is 1. The summed E-state index contributed by atoms with van der Waals surface area (Å²) in [6, 6.07) is 0. The third-order valence-corrected chi connectivity index (χ3v) is 2.08. The van der Waals surface area contributed by atoms with Gasteiger partial charge in [0, 0.05) is 32.9 Å².